The van der Waals surface area contributed by atoms with Gasteiger partial charge in [0.05, 0.1) is 17.9 Å². The summed E-state index contributed by atoms with van der Waals surface area (Å²) in [4.78, 5) is 18.8. The quantitative estimate of drug-likeness (QED) is 0.266. The Hall–Kier alpha value is -4.30. The summed E-state index contributed by atoms with van der Waals surface area (Å²) in [5.41, 5.74) is 3.87. The molecule has 7 nitrogen and oxygen atoms in total. The summed E-state index contributed by atoms with van der Waals surface area (Å²) < 4.78 is 17.5. The van der Waals surface area contributed by atoms with Gasteiger partial charge in [0.25, 0.3) is 5.91 Å². The lowest BCUT2D eigenvalue weighted by atomic mass is 10.1. The molecular formula is C30H27N3O4S. The van der Waals surface area contributed by atoms with E-state index < -0.39 is 5.91 Å². The molecule has 2 aliphatic rings. The van der Waals surface area contributed by atoms with E-state index in [4.69, 9.17) is 19.6 Å². The molecule has 0 spiro atoms. The first-order valence-corrected chi connectivity index (χ1v) is 13.2. The Morgan fingerprint density at radius 3 is 2.47 bits per heavy atom. The predicted molar refractivity (Wildman–Crippen MR) is 152 cm³/mol. The van der Waals surface area contributed by atoms with Crippen LogP contribution in [0.2, 0.25) is 0 Å². The van der Waals surface area contributed by atoms with Crippen LogP contribution >= 0.6 is 11.8 Å². The van der Waals surface area contributed by atoms with Crippen LogP contribution in [0, 0.1) is 12.3 Å². The van der Waals surface area contributed by atoms with Crippen LogP contribution in [0.25, 0.3) is 11.8 Å². The van der Waals surface area contributed by atoms with Crippen molar-refractivity contribution in [3.05, 3.63) is 100 Å². The smallest absolute Gasteiger partial charge is 0.283 e. The third kappa shape index (κ3) is 5.50. The molecule has 0 aromatic heterocycles. The predicted octanol–water partition coefficient (Wildman–Crippen LogP) is 6.16. The van der Waals surface area contributed by atoms with E-state index in [0.717, 1.165) is 17.0 Å². The zero-order chi connectivity index (χ0) is 26.5. The summed E-state index contributed by atoms with van der Waals surface area (Å²) in [6.45, 7) is 5.11. The number of aliphatic imine (C=N–C) groups is 1. The van der Waals surface area contributed by atoms with Gasteiger partial charge >= 0.3 is 0 Å². The average molecular weight is 526 g/mol. The van der Waals surface area contributed by atoms with Crippen LogP contribution in [0.4, 0.5) is 0 Å². The summed E-state index contributed by atoms with van der Waals surface area (Å²) in [6, 6.07) is 23.1. The van der Waals surface area contributed by atoms with E-state index in [1.165, 1.54) is 17.3 Å². The number of hydrogen-bond acceptors (Lipinski definition) is 6. The number of carbonyl (C=O) groups is 1. The molecule has 192 valence electrons. The van der Waals surface area contributed by atoms with Gasteiger partial charge in [-0.2, -0.15) is 4.99 Å². The van der Waals surface area contributed by atoms with Crippen LogP contribution in [0.15, 0.2) is 88.8 Å². The van der Waals surface area contributed by atoms with E-state index in [-0.39, 0.29) is 11.4 Å². The van der Waals surface area contributed by atoms with Crippen LogP contribution < -0.4 is 14.2 Å². The highest BCUT2D eigenvalue weighted by Crippen LogP contribution is 2.37. The number of nitrogens with zero attached hydrogens (tertiary/aromatic N) is 2. The molecule has 0 saturated carbocycles. The van der Waals surface area contributed by atoms with Crippen molar-refractivity contribution < 1.29 is 19.0 Å². The molecule has 8 heteroatoms. The van der Waals surface area contributed by atoms with Crippen molar-refractivity contribution in [2.24, 2.45) is 4.99 Å². The van der Waals surface area contributed by atoms with E-state index in [9.17, 15) is 4.79 Å². The highest BCUT2D eigenvalue weighted by Gasteiger charge is 2.36. The fourth-order valence-electron chi connectivity index (χ4n) is 4.03. The second-order valence-corrected chi connectivity index (χ2v) is 9.41. The van der Waals surface area contributed by atoms with Gasteiger partial charge in [0.1, 0.15) is 24.8 Å². The number of thioether (sulfide) groups is 1. The van der Waals surface area contributed by atoms with Crippen LogP contribution in [0.5, 0.6) is 17.2 Å². The molecule has 0 unspecified atom stereocenters. The minimum atomic E-state index is -0.442. The van der Waals surface area contributed by atoms with Gasteiger partial charge in [0, 0.05) is 5.41 Å². The molecule has 2 heterocycles. The lowest BCUT2D eigenvalue weighted by Crippen LogP contribution is -2.38. The van der Waals surface area contributed by atoms with Gasteiger partial charge in [-0.25, -0.2) is 0 Å². The first-order valence-electron chi connectivity index (χ1n) is 12.3. The van der Waals surface area contributed by atoms with Crippen molar-refractivity contribution in [3.63, 3.8) is 0 Å². The maximum absolute atomic E-state index is 12.9. The molecular weight excluding hydrogens is 498 g/mol. The Morgan fingerprint density at radius 2 is 1.71 bits per heavy atom. The van der Waals surface area contributed by atoms with Crippen LogP contribution in [0.3, 0.4) is 0 Å². The summed E-state index contributed by atoms with van der Waals surface area (Å²) in [6.07, 6.45) is 1.67. The zero-order valence-corrected chi connectivity index (χ0v) is 22.0. The Bertz CT molecular complexity index is 1450. The molecule has 2 aliphatic heterocycles. The molecule has 0 aliphatic carbocycles. The molecule has 3 aromatic rings. The second-order valence-electron chi connectivity index (χ2n) is 8.58. The van der Waals surface area contributed by atoms with Crippen molar-refractivity contribution in [2.75, 3.05) is 19.8 Å². The van der Waals surface area contributed by atoms with Gasteiger partial charge in [0.15, 0.2) is 16.7 Å². The summed E-state index contributed by atoms with van der Waals surface area (Å²) in [5.74, 6) is 1.57. The molecule has 5 rings (SSSR count). The van der Waals surface area contributed by atoms with Crippen LogP contribution in [0.1, 0.15) is 23.6 Å². The van der Waals surface area contributed by atoms with Gasteiger partial charge in [-0.05, 0) is 55.3 Å². The van der Waals surface area contributed by atoms with E-state index >= 15 is 0 Å². The number of rotatable bonds is 9. The number of fused-ring (bicyclic) bond motifs is 1. The van der Waals surface area contributed by atoms with Gasteiger partial charge in [-0.3, -0.25) is 15.1 Å². The van der Waals surface area contributed by atoms with Crippen molar-refractivity contribution in [1.29, 1.82) is 5.41 Å². The standard InChI is InChI=1S/C30H27N3O4S/c1-3-35-27-18-21(11-14-26(27)37-16-15-36-23-12-9-20(2)10-13-23)17-24-28(31)33-25(22-7-5-4-6-8-22)19-38-30(33)32-29(24)34/h4-14,17-19,31H,3,15-16H2,1-2H3. The molecule has 0 saturated heterocycles. The molecule has 0 atom stereocenters. The number of amides is 1. The van der Waals surface area contributed by atoms with Gasteiger partial charge < -0.3 is 14.2 Å². The maximum Gasteiger partial charge on any atom is 0.283 e. The lowest BCUT2D eigenvalue weighted by molar-refractivity contribution is -0.114. The van der Waals surface area contributed by atoms with E-state index in [1.807, 2.05) is 79.9 Å². The van der Waals surface area contributed by atoms with Crippen LogP contribution in [-0.2, 0) is 4.79 Å². The minimum absolute atomic E-state index is 0.0895. The molecule has 3 aromatic carbocycles. The molecule has 38 heavy (non-hydrogen) atoms. The number of aryl methyl sites for hydroxylation is 1. The highest BCUT2D eigenvalue weighted by molar-refractivity contribution is 8.17. The van der Waals surface area contributed by atoms with E-state index in [1.54, 1.807) is 23.1 Å². The SMILES string of the molecule is CCOc1cc(C=C2C(=N)N3C(c4ccccc4)=CSC3=NC2=O)ccc1OCCOc1ccc(C)cc1. The summed E-state index contributed by atoms with van der Waals surface area (Å²) in [7, 11) is 0. The number of nitrogens with one attached hydrogen (secondary N) is 1. The Balaban J connectivity index is 1.32. The highest BCUT2D eigenvalue weighted by atomic mass is 32.2. The lowest BCUT2D eigenvalue weighted by Gasteiger charge is -2.27. The Labute approximate surface area is 225 Å². The van der Waals surface area contributed by atoms with E-state index in [0.29, 0.717) is 42.1 Å². The normalized spacial score (nSPS) is 15.7. The van der Waals surface area contributed by atoms with Gasteiger partial charge in [-0.15, -0.1) is 0 Å². The van der Waals surface area contributed by atoms with Crippen molar-refractivity contribution in [1.82, 2.24) is 4.90 Å². The molecule has 0 radical (unpaired) electrons. The fourth-order valence-corrected chi connectivity index (χ4v) is 4.92. The first kappa shape index (κ1) is 25.4. The van der Waals surface area contributed by atoms with Gasteiger partial charge in [0.2, 0.25) is 0 Å². The Morgan fingerprint density at radius 1 is 0.947 bits per heavy atom. The van der Waals surface area contributed by atoms with E-state index in [2.05, 4.69) is 4.99 Å². The molecule has 0 bridgehead atoms. The monoisotopic (exact) mass is 525 g/mol. The summed E-state index contributed by atoms with van der Waals surface area (Å²) in [5, 5.41) is 11.2. The number of amidine groups is 2. The average Bonchev–Trinajstić information content (AvgIpc) is 3.35. The molecule has 1 amide bonds. The largest absolute Gasteiger partial charge is 0.490 e. The fraction of sp³-hybridized carbons (Fsp3) is 0.167. The van der Waals surface area contributed by atoms with Crippen molar-refractivity contribution in [3.8, 4) is 17.2 Å². The number of carbonyl (C=O) groups excluding carboxylic acids is 1. The Kier molecular flexibility index (Phi) is 7.60. The number of ether oxygens (including phenoxy) is 3. The topological polar surface area (TPSA) is 84.2 Å². The number of benzene rings is 3. The molecule has 0 fully saturated rings. The minimum Gasteiger partial charge on any atom is -0.490 e. The number of hydrogen-bond donors (Lipinski definition) is 1. The summed E-state index contributed by atoms with van der Waals surface area (Å²) >= 11 is 1.34. The second kappa shape index (κ2) is 11.4. The zero-order valence-electron chi connectivity index (χ0n) is 21.1. The van der Waals surface area contributed by atoms with Crippen molar-refractivity contribution in [2.45, 2.75) is 13.8 Å². The van der Waals surface area contributed by atoms with Gasteiger partial charge in [-0.1, -0.05) is 65.9 Å². The van der Waals surface area contributed by atoms with Crippen molar-refractivity contribution >= 4 is 40.4 Å². The first-order chi connectivity index (χ1) is 18.5. The third-order valence-corrected chi connectivity index (χ3v) is 6.72. The third-order valence-electron chi connectivity index (χ3n) is 5.89. The molecule has 1 N–H and O–H groups in total. The maximum atomic E-state index is 12.9. The van der Waals surface area contributed by atoms with Crippen LogP contribution in [-0.4, -0.2) is 41.6 Å².